The quantitative estimate of drug-likeness (QED) is 0.827. The van der Waals surface area contributed by atoms with Crippen LogP contribution in [0.4, 0.5) is 0 Å². The summed E-state index contributed by atoms with van der Waals surface area (Å²) in [5.41, 5.74) is 5.52. The van der Waals surface area contributed by atoms with Crippen LogP contribution in [0.25, 0.3) is 10.2 Å². The minimum atomic E-state index is -0.614. The number of thiophene rings is 1. The molecule has 2 N–H and O–H groups in total. The molecule has 2 aromatic heterocycles. The number of nitrogens with zero attached hydrogens (tertiary/aromatic N) is 2. The van der Waals surface area contributed by atoms with Crippen molar-refractivity contribution >= 4 is 33.4 Å². The number of rotatable bonds is 4. The largest absolute Gasteiger partial charge is 0.466 e. The standard InChI is InChI=1S/C14H15N3O4S/c1-2-21-14(20)7-3-4-8-10(7)11-12(22-8)16-6-17(13(11)19)5-9(15)18/h6-7H,2-5H2,1H3,(H2,15,18)/t7-/m0/s1. The number of primary amides is 1. The van der Waals surface area contributed by atoms with E-state index in [1.165, 1.54) is 22.2 Å². The molecule has 1 aliphatic carbocycles. The van der Waals surface area contributed by atoms with E-state index in [2.05, 4.69) is 4.98 Å². The van der Waals surface area contributed by atoms with Gasteiger partial charge in [-0.2, -0.15) is 0 Å². The summed E-state index contributed by atoms with van der Waals surface area (Å²) in [5, 5.41) is 0.416. The maximum Gasteiger partial charge on any atom is 0.313 e. The van der Waals surface area contributed by atoms with Gasteiger partial charge in [0.25, 0.3) is 5.56 Å². The van der Waals surface area contributed by atoms with E-state index in [1.54, 1.807) is 6.92 Å². The van der Waals surface area contributed by atoms with Gasteiger partial charge < -0.3 is 10.5 Å². The van der Waals surface area contributed by atoms with Crippen LogP contribution >= 0.6 is 11.3 Å². The summed E-state index contributed by atoms with van der Waals surface area (Å²) in [7, 11) is 0. The molecule has 0 saturated heterocycles. The first kappa shape index (κ1) is 14.7. The Labute approximate surface area is 129 Å². The van der Waals surface area contributed by atoms with E-state index in [1.807, 2.05) is 0 Å². The summed E-state index contributed by atoms with van der Waals surface area (Å²) in [4.78, 5) is 41.5. The molecule has 0 bridgehead atoms. The van der Waals surface area contributed by atoms with Crippen LogP contribution in [-0.2, 0) is 27.3 Å². The number of carbonyl (C=O) groups excluding carboxylic acids is 2. The molecule has 0 radical (unpaired) electrons. The van der Waals surface area contributed by atoms with Crippen LogP contribution in [0.15, 0.2) is 11.1 Å². The van der Waals surface area contributed by atoms with Gasteiger partial charge in [-0.25, -0.2) is 4.98 Å². The van der Waals surface area contributed by atoms with Crippen molar-refractivity contribution in [1.82, 2.24) is 9.55 Å². The third kappa shape index (κ3) is 2.29. The average Bonchev–Trinajstić information content (AvgIpc) is 3.00. The molecule has 2 heterocycles. The number of ether oxygens (including phenoxy) is 1. The van der Waals surface area contributed by atoms with Gasteiger partial charge in [0.1, 0.15) is 11.4 Å². The van der Waals surface area contributed by atoms with Crippen LogP contribution in [0, 0.1) is 0 Å². The summed E-state index contributed by atoms with van der Waals surface area (Å²) >= 11 is 1.42. The van der Waals surface area contributed by atoms with Crippen LogP contribution < -0.4 is 11.3 Å². The minimum absolute atomic E-state index is 0.226. The molecule has 0 saturated carbocycles. The molecular formula is C14H15N3O4S. The molecule has 3 rings (SSSR count). The highest BCUT2D eigenvalue weighted by atomic mass is 32.1. The molecule has 0 aliphatic heterocycles. The first-order chi connectivity index (χ1) is 10.5. The third-order valence-electron chi connectivity index (χ3n) is 3.70. The molecule has 1 aliphatic rings. The van der Waals surface area contributed by atoms with Crippen molar-refractivity contribution in [2.45, 2.75) is 32.2 Å². The summed E-state index contributed by atoms with van der Waals surface area (Å²) < 4.78 is 6.28. The Bertz CT molecular complexity index is 823. The van der Waals surface area contributed by atoms with Gasteiger partial charge in [0.2, 0.25) is 5.91 Å². The fourth-order valence-corrected chi connectivity index (χ4v) is 4.03. The van der Waals surface area contributed by atoms with Gasteiger partial charge in [-0.3, -0.25) is 19.0 Å². The van der Waals surface area contributed by atoms with Crippen LogP contribution in [0.2, 0.25) is 0 Å². The average molecular weight is 321 g/mol. The van der Waals surface area contributed by atoms with E-state index in [-0.39, 0.29) is 18.1 Å². The fraction of sp³-hybridized carbons (Fsp3) is 0.429. The summed E-state index contributed by atoms with van der Waals surface area (Å²) in [6, 6.07) is 0. The molecule has 8 heteroatoms. The lowest BCUT2D eigenvalue weighted by molar-refractivity contribution is -0.144. The molecule has 22 heavy (non-hydrogen) atoms. The van der Waals surface area contributed by atoms with Crippen LogP contribution in [0.3, 0.4) is 0 Å². The fourth-order valence-electron chi connectivity index (χ4n) is 2.83. The molecule has 1 atom stereocenters. The number of nitrogens with two attached hydrogens (primary N) is 1. The van der Waals surface area contributed by atoms with E-state index < -0.39 is 11.8 Å². The highest BCUT2D eigenvalue weighted by Crippen LogP contribution is 2.42. The van der Waals surface area contributed by atoms with Gasteiger partial charge in [-0.1, -0.05) is 0 Å². The number of esters is 1. The second-order valence-electron chi connectivity index (χ2n) is 5.11. The zero-order chi connectivity index (χ0) is 15.9. The van der Waals surface area contributed by atoms with E-state index >= 15 is 0 Å². The molecule has 0 unspecified atom stereocenters. The summed E-state index contributed by atoms with van der Waals surface area (Å²) in [5.74, 6) is -1.36. The lowest BCUT2D eigenvalue weighted by atomic mass is 10.0. The van der Waals surface area contributed by atoms with E-state index in [0.29, 0.717) is 23.2 Å². The zero-order valence-corrected chi connectivity index (χ0v) is 12.8. The number of fused-ring (bicyclic) bond motifs is 3. The molecule has 116 valence electrons. The normalized spacial score (nSPS) is 16.7. The van der Waals surface area contributed by atoms with Crippen LogP contribution in [-0.4, -0.2) is 28.0 Å². The van der Waals surface area contributed by atoms with Gasteiger partial charge in [-0.15, -0.1) is 11.3 Å². The summed E-state index contributed by atoms with van der Waals surface area (Å²) in [6.07, 6.45) is 2.69. The number of aryl methyl sites for hydroxylation is 1. The Morgan fingerprint density at radius 3 is 3.00 bits per heavy atom. The van der Waals surface area contributed by atoms with Crippen molar-refractivity contribution in [2.24, 2.45) is 5.73 Å². The predicted octanol–water partition coefficient (Wildman–Crippen LogP) is 0.536. The number of hydrogen-bond donors (Lipinski definition) is 1. The van der Waals surface area contributed by atoms with Crippen molar-refractivity contribution in [3.05, 3.63) is 27.1 Å². The molecular weight excluding hydrogens is 306 g/mol. The molecule has 0 aromatic carbocycles. The third-order valence-corrected chi connectivity index (χ3v) is 4.87. The SMILES string of the molecule is CCOC(=O)[C@H]1CCc2sc3ncn(CC(N)=O)c(=O)c3c21. The molecule has 1 amide bonds. The van der Waals surface area contributed by atoms with Crippen molar-refractivity contribution in [2.75, 3.05) is 6.61 Å². The zero-order valence-electron chi connectivity index (χ0n) is 12.0. The highest BCUT2D eigenvalue weighted by molar-refractivity contribution is 7.18. The molecule has 0 spiro atoms. The van der Waals surface area contributed by atoms with Crippen LogP contribution in [0.5, 0.6) is 0 Å². The minimum Gasteiger partial charge on any atom is -0.466 e. The van der Waals surface area contributed by atoms with Gasteiger partial charge in [0.15, 0.2) is 0 Å². The van der Waals surface area contributed by atoms with E-state index in [9.17, 15) is 14.4 Å². The summed E-state index contributed by atoms with van der Waals surface area (Å²) in [6.45, 7) is 1.83. The van der Waals surface area contributed by atoms with E-state index in [0.717, 1.165) is 16.9 Å². The first-order valence-electron chi connectivity index (χ1n) is 6.98. The maximum absolute atomic E-state index is 12.6. The number of aromatic nitrogens is 2. The van der Waals surface area contributed by atoms with Crippen molar-refractivity contribution < 1.29 is 14.3 Å². The number of hydrogen-bond acceptors (Lipinski definition) is 6. The lowest BCUT2D eigenvalue weighted by Gasteiger charge is -2.10. The smallest absolute Gasteiger partial charge is 0.313 e. The molecule has 7 nitrogen and oxygen atoms in total. The van der Waals surface area contributed by atoms with Crippen molar-refractivity contribution in [3.8, 4) is 0 Å². The Kier molecular flexibility index (Phi) is 3.69. The van der Waals surface area contributed by atoms with E-state index in [4.69, 9.17) is 10.5 Å². The first-order valence-corrected chi connectivity index (χ1v) is 7.80. The Morgan fingerprint density at radius 1 is 1.55 bits per heavy atom. The van der Waals surface area contributed by atoms with Gasteiger partial charge in [0.05, 0.1) is 24.2 Å². The predicted molar refractivity (Wildman–Crippen MR) is 80.8 cm³/mol. The lowest BCUT2D eigenvalue weighted by Crippen LogP contribution is -2.28. The van der Waals surface area contributed by atoms with Gasteiger partial charge in [-0.05, 0) is 25.3 Å². The number of amides is 1. The van der Waals surface area contributed by atoms with Gasteiger partial charge in [0, 0.05) is 4.88 Å². The molecule has 0 fully saturated rings. The van der Waals surface area contributed by atoms with Crippen molar-refractivity contribution in [3.63, 3.8) is 0 Å². The number of carbonyl (C=O) groups is 2. The maximum atomic E-state index is 12.6. The Morgan fingerprint density at radius 2 is 2.32 bits per heavy atom. The van der Waals surface area contributed by atoms with Crippen molar-refractivity contribution in [1.29, 1.82) is 0 Å². The molecule has 2 aromatic rings. The topological polar surface area (TPSA) is 104 Å². The van der Waals surface area contributed by atoms with Gasteiger partial charge >= 0.3 is 5.97 Å². The Hall–Kier alpha value is -2.22. The Balaban J connectivity index is 2.15. The second kappa shape index (κ2) is 5.53. The highest BCUT2D eigenvalue weighted by Gasteiger charge is 2.35. The van der Waals surface area contributed by atoms with Crippen LogP contribution in [0.1, 0.15) is 29.7 Å². The monoisotopic (exact) mass is 321 g/mol. The second-order valence-corrected chi connectivity index (χ2v) is 6.19.